The second kappa shape index (κ2) is 7.65. The number of benzene rings is 1. The lowest BCUT2D eigenvalue weighted by Crippen LogP contribution is -2.28. The molecule has 1 heterocycles. The van der Waals surface area contributed by atoms with Gasteiger partial charge in [0.2, 0.25) is 0 Å². The first-order chi connectivity index (χ1) is 10.9. The number of likely N-dealkylation sites (N-methyl/N-ethyl adjacent to an activating group) is 1. The van der Waals surface area contributed by atoms with Gasteiger partial charge in [-0.2, -0.15) is 4.31 Å². The maximum Gasteiger partial charge on any atom is 0.252 e. The molecule has 8 heteroatoms. The summed E-state index contributed by atoms with van der Waals surface area (Å²) < 4.78 is 37.9. The molecular weight excluding hydrogens is 402 g/mol. The number of nitrogens with zero attached hydrogens (tertiary/aromatic N) is 1. The van der Waals surface area contributed by atoms with Crippen LogP contribution < -0.4 is 9.47 Å². The van der Waals surface area contributed by atoms with Crippen molar-refractivity contribution in [1.82, 2.24) is 4.31 Å². The summed E-state index contributed by atoms with van der Waals surface area (Å²) in [7, 11) is 1.29. The Kier molecular flexibility index (Phi) is 6.07. The lowest BCUT2D eigenvalue weighted by Gasteiger charge is -2.16. The summed E-state index contributed by atoms with van der Waals surface area (Å²) in [6, 6.07) is 8.93. The quantitative estimate of drug-likeness (QED) is 0.689. The molecule has 0 atom stereocenters. The van der Waals surface area contributed by atoms with Crippen molar-refractivity contribution in [3.63, 3.8) is 0 Å². The number of hydrogen-bond donors (Lipinski definition) is 0. The monoisotopic (exact) mass is 419 g/mol. The van der Waals surface area contributed by atoms with Crippen LogP contribution in [-0.4, -0.2) is 40.5 Å². The van der Waals surface area contributed by atoms with E-state index in [1.165, 1.54) is 15.6 Å². The molecule has 23 heavy (non-hydrogen) atoms. The van der Waals surface area contributed by atoms with E-state index in [1.54, 1.807) is 33.4 Å². The third-order valence-electron chi connectivity index (χ3n) is 3.38. The molecule has 0 fully saturated rings. The molecule has 2 aromatic rings. The molecule has 0 bridgehead atoms. The van der Waals surface area contributed by atoms with Gasteiger partial charge in [0, 0.05) is 13.6 Å². The Morgan fingerprint density at radius 1 is 1.13 bits per heavy atom. The van der Waals surface area contributed by atoms with Crippen LogP contribution in [-0.2, 0) is 16.4 Å². The lowest BCUT2D eigenvalue weighted by atomic mass is 10.1. The maximum absolute atomic E-state index is 12.5. The molecule has 0 radical (unpaired) electrons. The van der Waals surface area contributed by atoms with Crippen LogP contribution in [0.3, 0.4) is 0 Å². The molecule has 0 aliphatic rings. The van der Waals surface area contributed by atoms with Crippen molar-refractivity contribution in [1.29, 1.82) is 0 Å². The highest BCUT2D eigenvalue weighted by Crippen LogP contribution is 2.29. The standard InChI is InChI=1S/C15H18BrNO4S2/c1-17(23(18,19)15-7-6-14(16)22-15)9-8-11-4-5-12(20-2)13(10-11)21-3/h4-7,10H,8-9H2,1-3H3. The zero-order chi connectivity index (χ0) is 17.0. The molecule has 0 saturated heterocycles. The molecule has 126 valence electrons. The molecule has 0 aliphatic heterocycles. The first kappa shape index (κ1) is 18.3. The molecule has 1 aromatic carbocycles. The summed E-state index contributed by atoms with van der Waals surface area (Å²) in [5, 5.41) is 0. The van der Waals surface area contributed by atoms with Crippen molar-refractivity contribution >= 4 is 37.3 Å². The van der Waals surface area contributed by atoms with E-state index in [1.807, 2.05) is 18.2 Å². The van der Waals surface area contributed by atoms with Crippen molar-refractivity contribution in [3.05, 3.63) is 39.7 Å². The van der Waals surface area contributed by atoms with Crippen LogP contribution in [0.4, 0.5) is 0 Å². The Balaban J connectivity index is 2.08. The van der Waals surface area contributed by atoms with Crippen LogP contribution in [0.1, 0.15) is 5.56 Å². The van der Waals surface area contributed by atoms with Gasteiger partial charge < -0.3 is 9.47 Å². The highest BCUT2D eigenvalue weighted by atomic mass is 79.9. The van der Waals surface area contributed by atoms with Crippen LogP contribution in [0.25, 0.3) is 0 Å². The number of halogens is 1. The number of thiophene rings is 1. The van der Waals surface area contributed by atoms with E-state index in [0.717, 1.165) is 9.35 Å². The number of rotatable bonds is 7. The zero-order valence-corrected chi connectivity index (χ0v) is 16.3. The minimum atomic E-state index is -3.45. The van der Waals surface area contributed by atoms with Gasteiger partial charge in [0.15, 0.2) is 11.5 Å². The fourth-order valence-corrected chi connectivity index (χ4v) is 5.43. The molecular formula is C15H18BrNO4S2. The van der Waals surface area contributed by atoms with Gasteiger partial charge in [-0.3, -0.25) is 0 Å². The average Bonchev–Trinajstić information content (AvgIpc) is 2.99. The summed E-state index contributed by atoms with van der Waals surface area (Å²) in [4.78, 5) is 0. The van der Waals surface area contributed by atoms with E-state index in [4.69, 9.17) is 9.47 Å². The molecule has 0 aliphatic carbocycles. The minimum Gasteiger partial charge on any atom is -0.493 e. The molecule has 1 aromatic heterocycles. The van der Waals surface area contributed by atoms with Crippen LogP contribution in [0.15, 0.2) is 38.3 Å². The van der Waals surface area contributed by atoms with Gasteiger partial charge in [0.05, 0.1) is 18.0 Å². The van der Waals surface area contributed by atoms with Crippen LogP contribution in [0.5, 0.6) is 11.5 Å². The molecule has 5 nitrogen and oxygen atoms in total. The number of ether oxygens (including phenoxy) is 2. The number of sulfonamides is 1. The summed E-state index contributed by atoms with van der Waals surface area (Å²) in [6.45, 7) is 0.382. The first-order valence-corrected chi connectivity index (χ1v) is 9.86. The number of methoxy groups -OCH3 is 2. The van der Waals surface area contributed by atoms with E-state index in [2.05, 4.69) is 15.9 Å². The Hall–Kier alpha value is -1.09. The third kappa shape index (κ3) is 4.26. The van der Waals surface area contributed by atoms with E-state index in [-0.39, 0.29) is 0 Å². The van der Waals surface area contributed by atoms with Crippen molar-refractivity contribution < 1.29 is 17.9 Å². The number of hydrogen-bond acceptors (Lipinski definition) is 5. The molecule has 2 rings (SSSR count). The van der Waals surface area contributed by atoms with E-state index < -0.39 is 10.0 Å². The fourth-order valence-electron chi connectivity index (χ4n) is 2.03. The molecule has 0 saturated carbocycles. The van der Waals surface area contributed by atoms with Crippen molar-refractivity contribution in [3.8, 4) is 11.5 Å². The van der Waals surface area contributed by atoms with Gasteiger partial charge in [0.1, 0.15) is 4.21 Å². The zero-order valence-electron chi connectivity index (χ0n) is 13.1. The van der Waals surface area contributed by atoms with Gasteiger partial charge in [-0.25, -0.2) is 8.42 Å². The summed E-state index contributed by atoms with van der Waals surface area (Å²) in [5.41, 5.74) is 0.983. The molecule has 0 unspecified atom stereocenters. The summed E-state index contributed by atoms with van der Waals surface area (Å²) in [5.74, 6) is 1.29. The van der Waals surface area contributed by atoms with E-state index >= 15 is 0 Å². The van der Waals surface area contributed by atoms with Crippen molar-refractivity contribution in [2.24, 2.45) is 0 Å². The third-order valence-corrected chi connectivity index (χ3v) is 7.32. The largest absolute Gasteiger partial charge is 0.493 e. The average molecular weight is 420 g/mol. The Labute approximate surface area is 149 Å². The highest BCUT2D eigenvalue weighted by molar-refractivity contribution is 9.11. The SMILES string of the molecule is COc1ccc(CCN(C)S(=O)(=O)c2ccc(Br)s2)cc1OC. The van der Waals surface area contributed by atoms with E-state index in [0.29, 0.717) is 28.7 Å². The Morgan fingerprint density at radius 2 is 1.83 bits per heavy atom. The minimum absolute atomic E-state index is 0.333. The smallest absolute Gasteiger partial charge is 0.252 e. The lowest BCUT2D eigenvalue weighted by molar-refractivity contribution is 0.354. The summed E-state index contributed by atoms with van der Waals surface area (Å²) in [6.07, 6.45) is 0.586. The predicted octanol–water partition coefficient (Wildman–Crippen LogP) is 3.39. The predicted molar refractivity (Wildman–Crippen MR) is 95.1 cm³/mol. The Morgan fingerprint density at radius 3 is 2.39 bits per heavy atom. The topological polar surface area (TPSA) is 55.8 Å². The van der Waals surface area contributed by atoms with Crippen molar-refractivity contribution in [2.75, 3.05) is 27.8 Å². The van der Waals surface area contributed by atoms with Gasteiger partial charge >= 0.3 is 0 Å². The Bertz CT molecular complexity index is 774. The summed E-state index contributed by atoms with van der Waals surface area (Å²) >= 11 is 4.49. The van der Waals surface area contributed by atoms with Crippen LogP contribution in [0, 0.1) is 0 Å². The second-order valence-electron chi connectivity index (χ2n) is 4.82. The van der Waals surface area contributed by atoms with Gasteiger partial charge in [-0.05, 0) is 52.2 Å². The second-order valence-corrected chi connectivity index (χ2v) is 9.56. The maximum atomic E-state index is 12.5. The van der Waals surface area contributed by atoms with Gasteiger partial charge in [0.25, 0.3) is 10.0 Å². The van der Waals surface area contributed by atoms with Gasteiger partial charge in [-0.15, -0.1) is 11.3 Å². The van der Waals surface area contributed by atoms with Crippen LogP contribution in [0.2, 0.25) is 0 Å². The molecule has 0 N–H and O–H groups in total. The van der Waals surface area contributed by atoms with Crippen molar-refractivity contribution in [2.45, 2.75) is 10.6 Å². The molecule has 0 amide bonds. The van der Waals surface area contributed by atoms with Gasteiger partial charge in [-0.1, -0.05) is 6.07 Å². The normalized spacial score (nSPS) is 11.7. The first-order valence-electron chi connectivity index (χ1n) is 6.81. The van der Waals surface area contributed by atoms with E-state index in [9.17, 15) is 8.42 Å². The highest BCUT2D eigenvalue weighted by Gasteiger charge is 2.22. The molecule has 0 spiro atoms. The van der Waals surface area contributed by atoms with Crippen LogP contribution >= 0.6 is 27.3 Å². The fraction of sp³-hybridized carbons (Fsp3) is 0.333.